The fourth-order valence-corrected chi connectivity index (χ4v) is 4.88. The molecule has 2 aliphatic rings. The molecule has 1 N–H and O–H groups in total. The maximum atomic E-state index is 3.78. The van der Waals surface area contributed by atoms with Crippen LogP contribution in [0, 0.1) is 19.8 Å². The summed E-state index contributed by atoms with van der Waals surface area (Å²) in [6.45, 7) is 9.26. The lowest BCUT2D eigenvalue weighted by atomic mass is 9.83. The summed E-state index contributed by atoms with van der Waals surface area (Å²) in [5.41, 5.74) is 1.46. The molecule has 3 rings (SSSR count). The molecule has 0 radical (unpaired) electrons. The van der Waals surface area contributed by atoms with Gasteiger partial charge in [-0.2, -0.15) is 0 Å². The van der Waals surface area contributed by atoms with Gasteiger partial charge < -0.3 is 5.32 Å². The summed E-state index contributed by atoms with van der Waals surface area (Å²) >= 11 is 1.98. The van der Waals surface area contributed by atoms with Crippen molar-refractivity contribution in [2.24, 2.45) is 5.92 Å². The van der Waals surface area contributed by atoms with Gasteiger partial charge in [0.15, 0.2) is 0 Å². The van der Waals surface area contributed by atoms with E-state index in [9.17, 15) is 0 Å². The minimum atomic E-state index is 0.742. The van der Waals surface area contributed by atoms with E-state index < -0.39 is 0 Å². The van der Waals surface area contributed by atoms with Crippen molar-refractivity contribution in [1.82, 2.24) is 10.2 Å². The highest BCUT2D eigenvalue weighted by molar-refractivity contribution is 7.12. The molecule has 0 bridgehead atoms. The van der Waals surface area contributed by atoms with Crippen LogP contribution in [0.2, 0.25) is 0 Å². The quantitative estimate of drug-likeness (QED) is 0.913. The molecule has 2 nitrogen and oxygen atoms in total. The molecule has 1 atom stereocenters. The molecule has 0 spiro atoms. The van der Waals surface area contributed by atoms with Gasteiger partial charge >= 0.3 is 0 Å². The van der Waals surface area contributed by atoms with Gasteiger partial charge in [-0.3, -0.25) is 4.90 Å². The monoisotopic (exact) mass is 292 g/mol. The van der Waals surface area contributed by atoms with E-state index in [-0.39, 0.29) is 0 Å². The third-order valence-corrected chi connectivity index (χ3v) is 6.24. The first-order valence-electron chi connectivity index (χ1n) is 8.24. The maximum Gasteiger partial charge on any atom is 0.0329 e. The summed E-state index contributed by atoms with van der Waals surface area (Å²) in [7, 11) is 0. The number of piperazine rings is 1. The van der Waals surface area contributed by atoms with Crippen LogP contribution in [0.15, 0.2) is 6.07 Å². The molecule has 1 aromatic rings. The molecule has 1 aliphatic heterocycles. The predicted octanol–water partition coefficient (Wildman–Crippen LogP) is 3.72. The average molecular weight is 292 g/mol. The number of hydrogen-bond donors (Lipinski definition) is 1. The maximum absolute atomic E-state index is 3.78. The van der Waals surface area contributed by atoms with E-state index in [1.807, 2.05) is 11.3 Å². The first kappa shape index (κ1) is 14.6. The van der Waals surface area contributed by atoms with Gasteiger partial charge in [-0.15, -0.1) is 11.3 Å². The topological polar surface area (TPSA) is 15.3 Å². The average Bonchev–Trinajstić information content (AvgIpc) is 2.78. The van der Waals surface area contributed by atoms with E-state index in [4.69, 9.17) is 0 Å². The van der Waals surface area contributed by atoms with Crippen LogP contribution in [0.3, 0.4) is 0 Å². The standard InChI is InChI=1S/C17H28N2S/c1-13-10-16(20-14(13)2)11-19-9-8-18-17(12-19)15-6-4-3-5-7-15/h10,15,17-18H,3-9,11-12H2,1-2H3. The summed E-state index contributed by atoms with van der Waals surface area (Å²) < 4.78 is 0. The first-order chi connectivity index (χ1) is 9.72. The first-order valence-corrected chi connectivity index (χ1v) is 9.05. The highest BCUT2D eigenvalue weighted by Gasteiger charge is 2.28. The molecule has 1 unspecified atom stereocenters. The van der Waals surface area contributed by atoms with Gasteiger partial charge in [0.05, 0.1) is 0 Å². The Labute approximate surface area is 127 Å². The van der Waals surface area contributed by atoms with Crippen molar-refractivity contribution in [1.29, 1.82) is 0 Å². The highest BCUT2D eigenvalue weighted by Crippen LogP contribution is 2.28. The Morgan fingerprint density at radius 1 is 1.25 bits per heavy atom. The van der Waals surface area contributed by atoms with Gasteiger partial charge in [0.2, 0.25) is 0 Å². The normalized spacial score (nSPS) is 26.0. The van der Waals surface area contributed by atoms with E-state index in [0.29, 0.717) is 0 Å². The predicted molar refractivity (Wildman–Crippen MR) is 87.4 cm³/mol. The van der Waals surface area contributed by atoms with Crippen molar-refractivity contribution in [3.05, 3.63) is 21.4 Å². The number of rotatable bonds is 3. The third kappa shape index (κ3) is 3.44. The molecule has 1 saturated heterocycles. The molecule has 2 heterocycles. The Morgan fingerprint density at radius 3 is 2.75 bits per heavy atom. The number of thiophene rings is 1. The zero-order valence-corrected chi connectivity index (χ0v) is 13.8. The van der Waals surface area contributed by atoms with Crippen LogP contribution in [0.5, 0.6) is 0 Å². The van der Waals surface area contributed by atoms with Crippen LogP contribution in [0.1, 0.15) is 47.4 Å². The summed E-state index contributed by atoms with van der Waals surface area (Å²) in [5.74, 6) is 0.929. The number of nitrogens with one attached hydrogen (secondary N) is 1. The Morgan fingerprint density at radius 2 is 2.05 bits per heavy atom. The van der Waals surface area contributed by atoms with E-state index in [2.05, 4.69) is 30.1 Å². The second-order valence-electron chi connectivity index (χ2n) is 6.65. The van der Waals surface area contributed by atoms with Gasteiger partial charge in [-0.05, 0) is 44.2 Å². The molecule has 0 amide bonds. The lowest BCUT2D eigenvalue weighted by molar-refractivity contribution is 0.142. The molecule has 0 aromatic carbocycles. The molecule has 1 aliphatic carbocycles. The lowest BCUT2D eigenvalue weighted by Crippen LogP contribution is -2.53. The van der Waals surface area contributed by atoms with Gasteiger partial charge in [-0.25, -0.2) is 0 Å². The molecule has 3 heteroatoms. The zero-order valence-electron chi connectivity index (χ0n) is 13.0. The number of hydrogen-bond acceptors (Lipinski definition) is 3. The fourth-order valence-electron chi connectivity index (χ4n) is 3.79. The second kappa shape index (κ2) is 6.59. The summed E-state index contributed by atoms with van der Waals surface area (Å²) in [6.07, 6.45) is 7.25. The molecule has 20 heavy (non-hydrogen) atoms. The Kier molecular flexibility index (Phi) is 4.79. The van der Waals surface area contributed by atoms with E-state index >= 15 is 0 Å². The summed E-state index contributed by atoms with van der Waals surface area (Å²) in [4.78, 5) is 5.70. The summed E-state index contributed by atoms with van der Waals surface area (Å²) in [6, 6.07) is 3.13. The second-order valence-corrected chi connectivity index (χ2v) is 7.99. The Hall–Kier alpha value is -0.380. The van der Waals surface area contributed by atoms with Crippen molar-refractivity contribution in [3.8, 4) is 0 Å². The SMILES string of the molecule is Cc1cc(CN2CCNC(C3CCCCC3)C2)sc1C. The van der Waals surface area contributed by atoms with Crippen molar-refractivity contribution in [2.75, 3.05) is 19.6 Å². The van der Waals surface area contributed by atoms with Crippen LogP contribution >= 0.6 is 11.3 Å². The fraction of sp³-hybridized carbons (Fsp3) is 0.765. The van der Waals surface area contributed by atoms with Gasteiger partial charge in [-0.1, -0.05) is 19.3 Å². The zero-order chi connectivity index (χ0) is 13.9. The smallest absolute Gasteiger partial charge is 0.0329 e. The molecule has 2 fully saturated rings. The van der Waals surface area contributed by atoms with Crippen molar-refractivity contribution >= 4 is 11.3 Å². The summed E-state index contributed by atoms with van der Waals surface area (Å²) in [5, 5.41) is 3.78. The van der Waals surface area contributed by atoms with Gasteiger partial charge in [0.1, 0.15) is 0 Å². The van der Waals surface area contributed by atoms with E-state index in [0.717, 1.165) is 18.5 Å². The van der Waals surface area contributed by atoms with Crippen LogP contribution in [0.4, 0.5) is 0 Å². The van der Waals surface area contributed by atoms with Crippen molar-refractivity contribution < 1.29 is 0 Å². The minimum absolute atomic E-state index is 0.742. The minimum Gasteiger partial charge on any atom is -0.311 e. The van der Waals surface area contributed by atoms with Crippen LogP contribution in [-0.2, 0) is 6.54 Å². The molecule has 1 aromatic heterocycles. The lowest BCUT2D eigenvalue weighted by Gasteiger charge is -2.39. The largest absolute Gasteiger partial charge is 0.311 e. The number of nitrogens with zero attached hydrogens (tertiary/aromatic N) is 1. The molecular weight excluding hydrogens is 264 g/mol. The van der Waals surface area contributed by atoms with Gasteiger partial charge in [0, 0.05) is 42.0 Å². The van der Waals surface area contributed by atoms with Crippen molar-refractivity contribution in [2.45, 2.75) is 58.5 Å². The highest BCUT2D eigenvalue weighted by atomic mass is 32.1. The molecule has 1 saturated carbocycles. The molecular formula is C17H28N2S. The van der Waals surface area contributed by atoms with Crippen LogP contribution in [-0.4, -0.2) is 30.6 Å². The van der Waals surface area contributed by atoms with E-state index in [1.54, 1.807) is 4.88 Å². The van der Waals surface area contributed by atoms with Crippen LogP contribution < -0.4 is 5.32 Å². The molecule has 112 valence electrons. The van der Waals surface area contributed by atoms with Gasteiger partial charge in [0.25, 0.3) is 0 Å². The van der Waals surface area contributed by atoms with E-state index in [1.165, 1.54) is 62.2 Å². The number of aryl methyl sites for hydroxylation is 2. The van der Waals surface area contributed by atoms with Crippen molar-refractivity contribution in [3.63, 3.8) is 0 Å². The Bertz CT molecular complexity index is 415. The Balaban J connectivity index is 1.57. The third-order valence-electron chi connectivity index (χ3n) is 5.10. The van der Waals surface area contributed by atoms with Crippen LogP contribution in [0.25, 0.3) is 0 Å².